The fourth-order valence-electron chi connectivity index (χ4n) is 2.21. The van der Waals surface area contributed by atoms with Crippen molar-refractivity contribution in [1.29, 1.82) is 0 Å². The maximum absolute atomic E-state index is 13.9. The molecule has 0 saturated carbocycles. The predicted octanol–water partition coefficient (Wildman–Crippen LogP) is 2.06. The monoisotopic (exact) mass is 255 g/mol. The van der Waals surface area contributed by atoms with Gasteiger partial charge < -0.3 is 19.9 Å². The fourth-order valence-corrected chi connectivity index (χ4v) is 2.21. The van der Waals surface area contributed by atoms with Gasteiger partial charge in [0, 0.05) is 11.6 Å². The number of hydrogen-bond acceptors (Lipinski definition) is 4. The highest BCUT2D eigenvalue weighted by molar-refractivity contribution is 5.56. The molecule has 0 fully saturated rings. The number of fused-ring (bicyclic) bond motifs is 1. The van der Waals surface area contributed by atoms with Crippen LogP contribution in [0.3, 0.4) is 0 Å². The lowest BCUT2D eigenvalue weighted by Crippen LogP contribution is -2.18. The Morgan fingerprint density at radius 2 is 2.17 bits per heavy atom. The molecule has 1 aromatic carbocycles. The van der Waals surface area contributed by atoms with Gasteiger partial charge in [-0.25, -0.2) is 4.39 Å². The number of methoxy groups -OCH3 is 1. The van der Waals surface area contributed by atoms with Crippen LogP contribution >= 0.6 is 0 Å². The first-order chi connectivity index (χ1) is 8.69. The molecule has 4 nitrogen and oxygen atoms in total. The highest BCUT2D eigenvalue weighted by Gasteiger charge is 2.27. The van der Waals surface area contributed by atoms with Crippen molar-refractivity contribution in [2.45, 2.75) is 19.3 Å². The van der Waals surface area contributed by atoms with E-state index in [-0.39, 0.29) is 11.7 Å². The van der Waals surface area contributed by atoms with Gasteiger partial charge in [-0.3, -0.25) is 0 Å². The van der Waals surface area contributed by atoms with Gasteiger partial charge >= 0.3 is 0 Å². The summed E-state index contributed by atoms with van der Waals surface area (Å²) in [5.74, 6) is 0.871. The average molecular weight is 255 g/mol. The van der Waals surface area contributed by atoms with Crippen LogP contribution in [0.1, 0.15) is 24.8 Å². The number of halogens is 1. The molecule has 100 valence electrons. The summed E-state index contributed by atoms with van der Waals surface area (Å²) in [4.78, 5) is 0. The van der Waals surface area contributed by atoms with Crippen molar-refractivity contribution in [1.82, 2.24) is 0 Å². The second kappa shape index (κ2) is 5.44. The van der Waals surface area contributed by atoms with E-state index in [1.807, 2.05) is 6.92 Å². The molecule has 1 aromatic rings. The largest absolute Gasteiger partial charge is 0.493 e. The molecule has 0 spiro atoms. The van der Waals surface area contributed by atoms with E-state index in [1.165, 1.54) is 13.2 Å². The molecule has 2 N–H and O–H groups in total. The van der Waals surface area contributed by atoms with E-state index in [9.17, 15) is 4.39 Å². The summed E-state index contributed by atoms with van der Waals surface area (Å²) in [5.41, 5.74) is 6.27. The molecular formula is C13H18FNO3. The second-order valence-electron chi connectivity index (χ2n) is 4.31. The molecule has 2 rings (SSSR count). The topological polar surface area (TPSA) is 53.7 Å². The molecule has 1 aliphatic rings. The van der Waals surface area contributed by atoms with Crippen LogP contribution in [0.15, 0.2) is 6.07 Å². The Bertz CT molecular complexity index is 437. The van der Waals surface area contributed by atoms with Gasteiger partial charge in [0.15, 0.2) is 23.1 Å². The summed E-state index contributed by atoms with van der Waals surface area (Å²) in [6, 6.07) is 1.31. The van der Waals surface area contributed by atoms with Gasteiger partial charge in [0.25, 0.3) is 0 Å². The molecular weight excluding hydrogens is 237 g/mol. The molecule has 1 heterocycles. The van der Waals surface area contributed by atoms with Gasteiger partial charge in [-0.05, 0) is 18.9 Å². The lowest BCUT2D eigenvalue weighted by atomic mass is 9.95. The molecule has 1 aliphatic heterocycles. The summed E-state index contributed by atoms with van der Waals surface area (Å²) in [5, 5.41) is 0. The number of rotatable bonds is 4. The van der Waals surface area contributed by atoms with Crippen LogP contribution in [0, 0.1) is 5.82 Å². The third-order valence-corrected chi connectivity index (χ3v) is 3.07. The van der Waals surface area contributed by atoms with Gasteiger partial charge in [-0.1, -0.05) is 6.92 Å². The maximum atomic E-state index is 13.9. The van der Waals surface area contributed by atoms with Crippen LogP contribution in [0.5, 0.6) is 17.2 Å². The standard InChI is InChI=1S/C13H18FNO3/c1-8(3-4-15)11-12(16-2)9(14)7-10-13(11)18-6-5-17-10/h7-8H,3-6,15H2,1-2H3. The van der Waals surface area contributed by atoms with Crippen molar-refractivity contribution < 1.29 is 18.6 Å². The summed E-state index contributed by atoms with van der Waals surface area (Å²) in [6.07, 6.45) is 0.732. The van der Waals surface area contributed by atoms with Crippen LogP contribution in [-0.2, 0) is 0 Å². The van der Waals surface area contributed by atoms with E-state index < -0.39 is 5.82 Å². The Morgan fingerprint density at radius 1 is 1.44 bits per heavy atom. The maximum Gasteiger partial charge on any atom is 0.169 e. The van der Waals surface area contributed by atoms with Crippen molar-refractivity contribution in [3.8, 4) is 17.2 Å². The van der Waals surface area contributed by atoms with Gasteiger partial charge in [0.1, 0.15) is 13.2 Å². The SMILES string of the molecule is COc1c(F)cc2c(c1C(C)CCN)OCCO2. The molecule has 5 heteroatoms. The van der Waals surface area contributed by atoms with Crippen molar-refractivity contribution in [3.63, 3.8) is 0 Å². The first kappa shape index (κ1) is 13.0. The molecule has 0 radical (unpaired) electrons. The summed E-state index contributed by atoms with van der Waals surface area (Å²) in [6.45, 7) is 3.40. The minimum Gasteiger partial charge on any atom is -0.493 e. The third kappa shape index (κ3) is 2.22. The van der Waals surface area contributed by atoms with Crippen LogP contribution in [0.4, 0.5) is 4.39 Å². The van der Waals surface area contributed by atoms with E-state index in [2.05, 4.69) is 0 Å². The van der Waals surface area contributed by atoms with E-state index in [0.29, 0.717) is 36.8 Å². The van der Waals surface area contributed by atoms with E-state index in [1.54, 1.807) is 0 Å². The fraction of sp³-hybridized carbons (Fsp3) is 0.538. The third-order valence-electron chi connectivity index (χ3n) is 3.07. The minimum absolute atomic E-state index is 0.0519. The number of hydrogen-bond donors (Lipinski definition) is 1. The Kier molecular flexibility index (Phi) is 3.91. The van der Waals surface area contributed by atoms with Crippen molar-refractivity contribution >= 4 is 0 Å². The predicted molar refractivity (Wildman–Crippen MR) is 66.0 cm³/mol. The lowest BCUT2D eigenvalue weighted by molar-refractivity contribution is 0.166. The van der Waals surface area contributed by atoms with Crippen molar-refractivity contribution in [2.75, 3.05) is 26.9 Å². The molecule has 0 amide bonds. The normalized spacial score (nSPS) is 15.3. The van der Waals surface area contributed by atoms with E-state index >= 15 is 0 Å². The van der Waals surface area contributed by atoms with E-state index in [0.717, 1.165) is 6.42 Å². The second-order valence-corrected chi connectivity index (χ2v) is 4.31. The zero-order valence-electron chi connectivity index (χ0n) is 10.7. The molecule has 1 atom stereocenters. The lowest BCUT2D eigenvalue weighted by Gasteiger charge is -2.25. The highest BCUT2D eigenvalue weighted by atomic mass is 19.1. The van der Waals surface area contributed by atoms with E-state index in [4.69, 9.17) is 19.9 Å². The Balaban J connectivity index is 2.54. The van der Waals surface area contributed by atoms with Crippen LogP contribution < -0.4 is 19.9 Å². The average Bonchev–Trinajstić information content (AvgIpc) is 2.37. The van der Waals surface area contributed by atoms with Crippen LogP contribution in [0.2, 0.25) is 0 Å². The van der Waals surface area contributed by atoms with Gasteiger partial charge in [0.05, 0.1) is 7.11 Å². The molecule has 0 aromatic heterocycles. The zero-order valence-corrected chi connectivity index (χ0v) is 10.7. The number of nitrogens with two attached hydrogens (primary N) is 1. The highest BCUT2D eigenvalue weighted by Crippen LogP contribution is 2.45. The zero-order chi connectivity index (χ0) is 13.1. The van der Waals surface area contributed by atoms with Crippen LogP contribution in [-0.4, -0.2) is 26.9 Å². The number of ether oxygens (including phenoxy) is 3. The van der Waals surface area contributed by atoms with Gasteiger partial charge in [-0.2, -0.15) is 0 Å². The number of benzene rings is 1. The molecule has 0 aliphatic carbocycles. The smallest absolute Gasteiger partial charge is 0.169 e. The van der Waals surface area contributed by atoms with Gasteiger partial charge in [-0.15, -0.1) is 0 Å². The van der Waals surface area contributed by atoms with Crippen molar-refractivity contribution in [2.24, 2.45) is 5.73 Å². The Labute approximate surface area is 106 Å². The Hall–Kier alpha value is -1.49. The molecule has 0 bridgehead atoms. The first-order valence-electron chi connectivity index (χ1n) is 6.05. The van der Waals surface area contributed by atoms with Crippen molar-refractivity contribution in [3.05, 3.63) is 17.4 Å². The van der Waals surface area contributed by atoms with Gasteiger partial charge in [0.2, 0.25) is 0 Å². The molecule has 0 saturated heterocycles. The summed E-state index contributed by atoms with van der Waals surface area (Å²) < 4.78 is 30.1. The summed E-state index contributed by atoms with van der Waals surface area (Å²) >= 11 is 0. The summed E-state index contributed by atoms with van der Waals surface area (Å²) in [7, 11) is 1.45. The Morgan fingerprint density at radius 3 is 2.83 bits per heavy atom. The molecule has 18 heavy (non-hydrogen) atoms. The quantitative estimate of drug-likeness (QED) is 0.894. The minimum atomic E-state index is -0.430. The molecule has 1 unspecified atom stereocenters. The first-order valence-corrected chi connectivity index (χ1v) is 6.05. The van der Waals surface area contributed by atoms with Crippen LogP contribution in [0.25, 0.3) is 0 Å².